The second-order valence-corrected chi connectivity index (χ2v) is 7.13. The van der Waals surface area contributed by atoms with Crippen molar-refractivity contribution in [2.45, 2.75) is 0 Å². The molecule has 0 saturated heterocycles. The van der Waals surface area contributed by atoms with Crippen molar-refractivity contribution in [1.29, 1.82) is 0 Å². The molecule has 3 aromatic rings. The molecule has 3 aromatic carbocycles. The fourth-order valence-corrected chi connectivity index (χ4v) is 3.28. The lowest BCUT2D eigenvalue weighted by Gasteiger charge is -2.13. The van der Waals surface area contributed by atoms with Crippen LogP contribution in [-0.2, 0) is 4.79 Å². The van der Waals surface area contributed by atoms with Gasteiger partial charge in [-0.2, -0.15) is 0 Å². The van der Waals surface area contributed by atoms with Crippen LogP contribution in [0.15, 0.2) is 60.7 Å². The Morgan fingerprint density at radius 2 is 1.41 bits per heavy atom. The van der Waals surface area contributed by atoms with E-state index in [0.29, 0.717) is 28.7 Å². The Balaban J connectivity index is 1.79. The molecule has 34 heavy (non-hydrogen) atoms. The molecule has 0 radical (unpaired) electrons. The molecule has 7 heteroatoms. The molecule has 7 nitrogen and oxygen atoms in total. The second kappa shape index (κ2) is 11.5. The Morgan fingerprint density at radius 1 is 0.765 bits per heavy atom. The average Bonchev–Trinajstić information content (AvgIpc) is 2.86. The normalized spacial score (nSPS) is 10.9. The molecule has 0 aliphatic rings. The van der Waals surface area contributed by atoms with Crippen molar-refractivity contribution in [2.24, 2.45) is 0 Å². The van der Waals surface area contributed by atoms with E-state index in [4.69, 9.17) is 18.9 Å². The zero-order valence-electron chi connectivity index (χ0n) is 19.5. The van der Waals surface area contributed by atoms with Crippen LogP contribution >= 0.6 is 0 Å². The third kappa shape index (κ3) is 5.89. The Bertz CT molecular complexity index is 1190. The number of carbonyl (C=O) groups excluding carboxylic acids is 1. The lowest BCUT2D eigenvalue weighted by Crippen LogP contribution is -2.08. The van der Waals surface area contributed by atoms with Crippen LogP contribution in [0.25, 0.3) is 18.2 Å². The molecule has 0 aliphatic carbocycles. The van der Waals surface area contributed by atoms with Crippen LogP contribution in [0.4, 0.5) is 5.69 Å². The van der Waals surface area contributed by atoms with Gasteiger partial charge in [0.05, 0.1) is 28.4 Å². The number of hydrogen-bond donors (Lipinski definition) is 2. The molecular formula is C27H27NO6. The van der Waals surface area contributed by atoms with Crippen LogP contribution < -0.4 is 24.3 Å². The van der Waals surface area contributed by atoms with E-state index in [1.54, 1.807) is 39.5 Å². The smallest absolute Gasteiger partial charge is 0.248 e. The molecule has 0 unspecified atom stereocenters. The van der Waals surface area contributed by atoms with Gasteiger partial charge >= 0.3 is 0 Å². The minimum atomic E-state index is -0.291. The molecule has 0 atom stereocenters. The summed E-state index contributed by atoms with van der Waals surface area (Å²) in [4.78, 5) is 12.5. The first kappa shape index (κ1) is 24.3. The maximum atomic E-state index is 12.5. The van der Waals surface area contributed by atoms with Gasteiger partial charge in [-0.15, -0.1) is 0 Å². The quantitative estimate of drug-likeness (QED) is 0.334. The molecule has 176 valence electrons. The number of amides is 1. The molecule has 0 aliphatic heterocycles. The number of carbonyl (C=O) groups is 1. The lowest BCUT2D eigenvalue weighted by molar-refractivity contribution is -0.111. The fraction of sp³-hybridized carbons (Fsp3) is 0.148. The molecule has 0 saturated carbocycles. The molecule has 0 spiro atoms. The third-order valence-corrected chi connectivity index (χ3v) is 4.99. The molecule has 0 aromatic heterocycles. The van der Waals surface area contributed by atoms with Crippen LogP contribution in [0.3, 0.4) is 0 Å². The Labute approximate surface area is 198 Å². The zero-order chi connectivity index (χ0) is 24.5. The molecule has 2 N–H and O–H groups in total. The van der Waals surface area contributed by atoms with Gasteiger partial charge in [-0.25, -0.2) is 0 Å². The summed E-state index contributed by atoms with van der Waals surface area (Å²) < 4.78 is 21.3. The third-order valence-electron chi connectivity index (χ3n) is 4.99. The SMILES string of the molecule is COc1cc(/C=C/C(=O)Nc2ccccc2C=Cc2cc(OC)c(OC)c(OC)c2)ccc1O. The first-order chi connectivity index (χ1) is 16.5. The Hall–Kier alpha value is -4.39. The monoisotopic (exact) mass is 461 g/mol. The summed E-state index contributed by atoms with van der Waals surface area (Å²) in [6.07, 6.45) is 6.86. The van der Waals surface area contributed by atoms with Crippen LogP contribution in [0, 0.1) is 0 Å². The van der Waals surface area contributed by atoms with Gasteiger partial charge in [0, 0.05) is 11.8 Å². The summed E-state index contributed by atoms with van der Waals surface area (Å²) in [6, 6.07) is 16.0. The topological polar surface area (TPSA) is 86.3 Å². The number of rotatable bonds is 9. The van der Waals surface area contributed by atoms with Crippen molar-refractivity contribution in [2.75, 3.05) is 33.8 Å². The number of hydrogen-bond acceptors (Lipinski definition) is 6. The lowest BCUT2D eigenvalue weighted by atomic mass is 10.1. The minimum Gasteiger partial charge on any atom is -0.504 e. The first-order valence-electron chi connectivity index (χ1n) is 10.4. The van der Waals surface area contributed by atoms with E-state index in [1.165, 1.54) is 19.3 Å². The van der Waals surface area contributed by atoms with E-state index in [2.05, 4.69) is 5.32 Å². The van der Waals surface area contributed by atoms with Crippen LogP contribution in [-0.4, -0.2) is 39.5 Å². The van der Waals surface area contributed by atoms with E-state index in [0.717, 1.165) is 16.7 Å². The standard InChI is InChI=1S/C27H27NO6/c1-31-23-15-18(10-13-22(23)29)11-14-26(30)28-21-8-6-5-7-20(21)12-9-19-16-24(32-2)27(34-4)25(17-19)33-3/h5-17,29H,1-4H3,(H,28,30)/b12-9?,14-11+. The van der Waals surface area contributed by atoms with Crippen LogP contribution in [0.2, 0.25) is 0 Å². The second-order valence-electron chi connectivity index (χ2n) is 7.13. The molecule has 3 rings (SSSR count). The Morgan fingerprint density at radius 3 is 2.06 bits per heavy atom. The van der Waals surface area contributed by atoms with Crippen molar-refractivity contribution in [3.8, 4) is 28.7 Å². The van der Waals surface area contributed by atoms with Gasteiger partial charge in [0.1, 0.15) is 0 Å². The fourth-order valence-electron chi connectivity index (χ4n) is 3.28. The highest BCUT2D eigenvalue weighted by Crippen LogP contribution is 2.38. The number of benzene rings is 3. The van der Waals surface area contributed by atoms with Gasteiger partial charge < -0.3 is 29.4 Å². The molecule has 1 amide bonds. The number of phenols is 1. The number of nitrogens with one attached hydrogen (secondary N) is 1. The van der Waals surface area contributed by atoms with E-state index >= 15 is 0 Å². The maximum Gasteiger partial charge on any atom is 0.248 e. The summed E-state index contributed by atoms with van der Waals surface area (Å²) in [7, 11) is 6.16. The predicted octanol–water partition coefficient (Wildman–Crippen LogP) is 5.25. The van der Waals surface area contributed by atoms with Crippen molar-refractivity contribution in [3.05, 3.63) is 77.4 Å². The Kier molecular flexibility index (Phi) is 8.18. The van der Waals surface area contributed by atoms with E-state index < -0.39 is 0 Å². The number of ether oxygens (including phenoxy) is 4. The van der Waals surface area contributed by atoms with Crippen molar-refractivity contribution in [1.82, 2.24) is 0 Å². The summed E-state index contributed by atoms with van der Waals surface area (Å²) in [6.45, 7) is 0. The van der Waals surface area contributed by atoms with E-state index in [1.807, 2.05) is 48.6 Å². The first-order valence-corrected chi connectivity index (χ1v) is 10.4. The number of phenolic OH excluding ortho intramolecular Hbond substituents is 1. The maximum absolute atomic E-state index is 12.5. The number of aromatic hydroxyl groups is 1. The van der Waals surface area contributed by atoms with Gasteiger partial charge in [-0.05, 0) is 53.1 Å². The van der Waals surface area contributed by atoms with E-state index in [-0.39, 0.29) is 11.7 Å². The largest absolute Gasteiger partial charge is 0.504 e. The minimum absolute atomic E-state index is 0.0388. The highest BCUT2D eigenvalue weighted by molar-refractivity contribution is 6.03. The van der Waals surface area contributed by atoms with Crippen molar-refractivity contribution < 1.29 is 28.8 Å². The van der Waals surface area contributed by atoms with Gasteiger partial charge in [0.25, 0.3) is 0 Å². The van der Waals surface area contributed by atoms with Crippen molar-refractivity contribution in [3.63, 3.8) is 0 Å². The average molecular weight is 462 g/mol. The predicted molar refractivity (Wildman–Crippen MR) is 134 cm³/mol. The van der Waals surface area contributed by atoms with E-state index in [9.17, 15) is 9.90 Å². The number of methoxy groups -OCH3 is 4. The summed E-state index contributed by atoms with van der Waals surface area (Å²) >= 11 is 0. The van der Waals surface area contributed by atoms with Gasteiger partial charge in [0.2, 0.25) is 11.7 Å². The van der Waals surface area contributed by atoms with Crippen LogP contribution in [0.5, 0.6) is 28.7 Å². The van der Waals surface area contributed by atoms with Gasteiger partial charge in [-0.3, -0.25) is 4.79 Å². The van der Waals surface area contributed by atoms with Gasteiger partial charge in [-0.1, -0.05) is 36.4 Å². The zero-order valence-corrected chi connectivity index (χ0v) is 19.5. The molecule has 0 bridgehead atoms. The summed E-state index contributed by atoms with van der Waals surface area (Å²) in [5, 5.41) is 12.6. The molecule has 0 fully saturated rings. The summed E-state index contributed by atoms with van der Waals surface area (Å²) in [5.74, 6) is 1.72. The summed E-state index contributed by atoms with van der Waals surface area (Å²) in [5.41, 5.74) is 3.05. The van der Waals surface area contributed by atoms with Crippen LogP contribution in [0.1, 0.15) is 16.7 Å². The number of anilines is 1. The number of para-hydroxylation sites is 1. The highest BCUT2D eigenvalue weighted by Gasteiger charge is 2.12. The highest BCUT2D eigenvalue weighted by atomic mass is 16.5. The molecule has 0 heterocycles. The van der Waals surface area contributed by atoms with Gasteiger partial charge in [0.15, 0.2) is 23.0 Å². The van der Waals surface area contributed by atoms with Crippen molar-refractivity contribution >= 4 is 29.8 Å². The molecular weight excluding hydrogens is 434 g/mol.